The molecule has 1 amide bonds. The SMILES string of the molecule is CN(Cc1csc(Br)c1)C(=O)c1cccn1CC(F)F. The molecule has 2 rings (SSSR count). The number of halogens is 3. The zero-order chi connectivity index (χ0) is 14.7. The highest BCUT2D eigenvalue weighted by atomic mass is 79.9. The number of alkyl halides is 2. The van der Waals surface area contributed by atoms with Crippen molar-refractivity contribution in [3.05, 3.63) is 44.8 Å². The molecule has 2 aromatic rings. The van der Waals surface area contributed by atoms with Gasteiger partial charge in [-0.1, -0.05) is 0 Å². The largest absolute Gasteiger partial charge is 0.338 e. The van der Waals surface area contributed by atoms with Crippen molar-refractivity contribution in [2.45, 2.75) is 19.5 Å². The Balaban J connectivity index is 2.08. The summed E-state index contributed by atoms with van der Waals surface area (Å²) in [6, 6.07) is 5.10. The summed E-state index contributed by atoms with van der Waals surface area (Å²) in [7, 11) is 1.66. The summed E-state index contributed by atoms with van der Waals surface area (Å²) in [6.07, 6.45) is -0.985. The monoisotopic (exact) mass is 362 g/mol. The first-order chi connectivity index (χ1) is 9.47. The van der Waals surface area contributed by atoms with Gasteiger partial charge in [0.05, 0.1) is 10.3 Å². The summed E-state index contributed by atoms with van der Waals surface area (Å²) >= 11 is 4.91. The van der Waals surface area contributed by atoms with Gasteiger partial charge < -0.3 is 9.47 Å². The van der Waals surface area contributed by atoms with E-state index in [0.29, 0.717) is 6.54 Å². The predicted octanol–water partition coefficient (Wildman–Crippen LogP) is 3.85. The van der Waals surface area contributed by atoms with Crippen molar-refractivity contribution in [3.63, 3.8) is 0 Å². The predicted molar refractivity (Wildman–Crippen MR) is 78.3 cm³/mol. The van der Waals surface area contributed by atoms with Gasteiger partial charge in [-0.3, -0.25) is 4.79 Å². The molecule has 0 aliphatic carbocycles. The molecule has 0 radical (unpaired) electrons. The fourth-order valence-electron chi connectivity index (χ4n) is 1.89. The Morgan fingerprint density at radius 1 is 1.55 bits per heavy atom. The maximum Gasteiger partial charge on any atom is 0.270 e. The highest BCUT2D eigenvalue weighted by molar-refractivity contribution is 9.11. The standard InChI is InChI=1S/C13H13BrF2N2OS/c1-17(6-9-5-11(14)20-8-9)13(19)10-3-2-4-18(10)7-12(15)16/h2-5,8,12H,6-7H2,1H3. The van der Waals surface area contributed by atoms with E-state index in [-0.39, 0.29) is 11.6 Å². The Bertz CT molecular complexity index is 597. The van der Waals surface area contributed by atoms with Crippen LogP contribution in [0.2, 0.25) is 0 Å². The fraction of sp³-hybridized carbons (Fsp3) is 0.308. The average Bonchev–Trinajstić information content (AvgIpc) is 2.97. The Hall–Kier alpha value is -1.21. The molecule has 0 saturated carbocycles. The molecule has 7 heteroatoms. The molecule has 0 aromatic carbocycles. The minimum absolute atomic E-state index is 0.266. The van der Waals surface area contributed by atoms with Crippen LogP contribution in [-0.2, 0) is 13.1 Å². The third kappa shape index (κ3) is 3.67. The maximum atomic E-state index is 12.4. The van der Waals surface area contributed by atoms with Gasteiger partial charge in [-0.15, -0.1) is 11.3 Å². The Labute approximate surface area is 127 Å². The molecule has 20 heavy (non-hydrogen) atoms. The van der Waals surface area contributed by atoms with E-state index in [0.717, 1.165) is 9.35 Å². The molecular formula is C13H13BrF2N2OS. The number of amides is 1. The van der Waals surface area contributed by atoms with E-state index >= 15 is 0 Å². The van der Waals surface area contributed by atoms with Crippen LogP contribution >= 0.6 is 27.3 Å². The normalized spacial score (nSPS) is 11.1. The van der Waals surface area contributed by atoms with Gasteiger partial charge >= 0.3 is 0 Å². The van der Waals surface area contributed by atoms with Gasteiger partial charge in [0.15, 0.2) is 0 Å². The van der Waals surface area contributed by atoms with E-state index in [1.165, 1.54) is 15.7 Å². The highest BCUT2D eigenvalue weighted by Crippen LogP contribution is 2.22. The van der Waals surface area contributed by atoms with Crippen molar-refractivity contribution in [1.29, 1.82) is 0 Å². The van der Waals surface area contributed by atoms with E-state index in [9.17, 15) is 13.6 Å². The third-order valence-electron chi connectivity index (χ3n) is 2.77. The number of hydrogen-bond acceptors (Lipinski definition) is 2. The maximum absolute atomic E-state index is 12.4. The lowest BCUT2D eigenvalue weighted by Gasteiger charge is -2.17. The van der Waals surface area contributed by atoms with Crippen LogP contribution in [0.3, 0.4) is 0 Å². The smallest absolute Gasteiger partial charge is 0.270 e. The van der Waals surface area contributed by atoms with Crippen molar-refractivity contribution in [2.24, 2.45) is 0 Å². The van der Waals surface area contributed by atoms with Crippen LogP contribution in [-0.4, -0.2) is 28.8 Å². The molecule has 0 aliphatic rings. The first-order valence-corrected chi connectivity index (χ1v) is 7.56. The van der Waals surface area contributed by atoms with Crippen molar-refractivity contribution >= 4 is 33.2 Å². The van der Waals surface area contributed by atoms with E-state index in [4.69, 9.17) is 0 Å². The van der Waals surface area contributed by atoms with Gasteiger partial charge in [0.25, 0.3) is 12.3 Å². The molecule has 0 atom stereocenters. The van der Waals surface area contributed by atoms with Crippen LogP contribution < -0.4 is 0 Å². The Kier molecular flexibility index (Phi) is 4.93. The summed E-state index contributed by atoms with van der Waals surface area (Å²) < 4.78 is 27.2. The number of carbonyl (C=O) groups excluding carboxylic acids is 1. The molecule has 0 aliphatic heterocycles. The highest BCUT2D eigenvalue weighted by Gasteiger charge is 2.18. The zero-order valence-corrected chi connectivity index (χ0v) is 13.1. The van der Waals surface area contributed by atoms with Crippen LogP contribution in [0.1, 0.15) is 16.1 Å². The Morgan fingerprint density at radius 2 is 2.30 bits per heavy atom. The molecule has 0 unspecified atom stereocenters. The third-order valence-corrected chi connectivity index (χ3v) is 4.32. The van der Waals surface area contributed by atoms with Crippen LogP contribution in [0.25, 0.3) is 0 Å². The molecule has 0 saturated heterocycles. The molecule has 2 aromatic heterocycles. The summed E-state index contributed by atoms with van der Waals surface area (Å²) in [5.41, 5.74) is 1.28. The number of hydrogen-bond donors (Lipinski definition) is 0. The van der Waals surface area contributed by atoms with Gasteiger partial charge in [0.1, 0.15) is 5.69 Å². The van der Waals surface area contributed by atoms with Gasteiger partial charge in [-0.25, -0.2) is 8.78 Å². The summed E-state index contributed by atoms with van der Waals surface area (Å²) in [6.45, 7) is -0.0211. The molecule has 108 valence electrons. The van der Waals surface area contributed by atoms with Gasteiger partial charge in [-0.05, 0) is 45.1 Å². The number of aromatic nitrogens is 1. The summed E-state index contributed by atoms with van der Waals surface area (Å²) in [5.74, 6) is -0.266. The number of thiophene rings is 1. The molecule has 0 bridgehead atoms. The lowest BCUT2D eigenvalue weighted by Crippen LogP contribution is -2.28. The van der Waals surface area contributed by atoms with Gasteiger partial charge in [-0.2, -0.15) is 0 Å². The van der Waals surface area contributed by atoms with Crippen LogP contribution in [0, 0.1) is 0 Å². The van der Waals surface area contributed by atoms with Crippen molar-refractivity contribution in [3.8, 4) is 0 Å². The number of rotatable bonds is 5. The van der Waals surface area contributed by atoms with Gasteiger partial charge in [0.2, 0.25) is 0 Å². The molecule has 2 heterocycles. The minimum atomic E-state index is -2.48. The molecule has 3 nitrogen and oxygen atoms in total. The first-order valence-electron chi connectivity index (χ1n) is 5.89. The fourth-order valence-corrected chi connectivity index (χ4v) is 3.09. The van der Waals surface area contributed by atoms with E-state index < -0.39 is 13.0 Å². The van der Waals surface area contributed by atoms with Crippen molar-refractivity contribution < 1.29 is 13.6 Å². The van der Waals surface area contributed by atoms with E-state index in [1.54, 1.807) is 30.5 Å². The zero-order valence-electron chi connectivity index (χ0n) is 10.7. The summed E-state index contributed by atoms with van der Waals surface area (Å²) in [5, 5.41) is 1.95. The van der Waals surface area contributed by atoms with Crippen molar-refractivity contribution in [1.82, 2.24) is 9.47 Å². The molecule has 0 N–H and O–H groups in total. The van der Waals surface area contributed by atoms with E-state index in [2.05, 4.69) is 15.9 Å². The number of carbonyl (C=O) groups is 1. The topological polar surface area (TPSA) is 25.2 Å². The second kappa shape index (κ2) is 6.49. The second-order valence-corrected chi connectivity index (χ2v) is 6.65. The second-order valence-electron chi connectivity index (χ2n) is 4.36. The first kappa shape index (κ1) is 15.2. The summed E-state index contributed by atoms with van der Waals surface area (Å²) in [4.78, 5) is 13.8. The lowest BCUT2D eigenvalue weighted by atomic mass is 10.3. The molecule has 0 spiro atoms. The van der Waals surface area contributed by atoms with Gasteiger partial charge in [0, 0.05) is 19.8 Å². The van der Waals surface area contributed by atoms with E-state index in [1.807, 2.05) is 11.4 Å². The molecule has 0 fully saturated rings. The van der Waals surface area contributed by atoms with Crippen LogP contribution in [0.15, 0.2) is 33.6 Å². The quantitative estimate of drug-likeness (QED) is 0.792. The lowest BCUT2D eigenvalue weighted by molar-refractivity contribution is 0.0764. The van der Waals surface area contributed by atoms with Crippen LogP contribution in [0.4, 0.5) is 8.78 Å². The minimum Gasteiger partial charge on any atom is -0.338 e. The average molecular weight is 363 g/mol. The van der Waals surface area contributed by atoms with Crippen molar-refractivity contribution in [2.75, 3.05) is 7.05 Å². The number of nitrogens with zero attached hydrogens (tertiary/aromatic N) is 2. The van der Waals surface area contributed by atoms with Crippen LogP contribution in [0.5, 0.6) is 0 Å². The molecular weight excluding hydrogens is 350 g/mol. The Morgan fingerprint density at radius 3 is 2.90 bits per heavy atom.